The first kappa shape index (κ1) is 12.0. The molecule has 16 heavy (non-hydrogen) atoms. The highest BCUT2D eigenvalue weighted by molar-refractivity contribution is 5.97. The molecule has 0 saturated heterocycles. The summed E-state index contributed by atoms with van der Waals surface area (Å²) in [5, 5.41) is 8.93. The Hall–Kier alpha value is -2.12. The number of anilines is 1. The zero-order valence-electron chi connectivity index (χ0n) is 9.06. The summed E-state index contributed by atoms with van der Waals surface area (Å²) in [6.07, 6.45) is 0. The molecule has 0 bridgehead atoms. The van der Waals surface area contributed by atoms with Gasteiger partial charge in [-0.2, -0.15) is 0 Å². The summed E-state index contributed by atoms with van der Waals surface area (Å²) in [7, 11) is 1.64. The van der Waals surface area contributed by atoms with Gasteiger partial charge in [0.05, 0.1) is 6.54 Å². The quantitative estimate of drug-likeness (QED) is 0.672. The molecule has 0 aliphatic rings. The molecule has 1 rings (SSSR count). The van der Waals surface area contributed by atoms with Gasteiger partial charge in [-0.05, 0) is 17.2 Å². The predicted molar refractivity (Wildman–Crippen MR) is 54.4 cm³/mol. The van der Waals surface area contributed by atoms with Crippen molar-refractivity contribution in [1.29, 1.82) is 0 Å². The number of hydrogen-bond acceptors (Lipinski definition) is 6. The fourth-order valence-electron chi connectivity index (χ4n) is 0.904. The van der Waals surface area contributed by atoms with E-state index in [1.54, 1.807) is 7.05 Å². The topological polar surface area (TPSA) is 114 Å². The van der Waals surface area contributed by atoms with E-state index in [9.17, 15) is 9.59 Å². The van der Waals surface area contributed by atoms with Crippen molar-refractivity contribution in [3.8, 4) is 0 Å². The average Bonchev–Trinajstić information content (AvgIpc) is 2.70. The van der Waals surface area contributed by atoms with Crippen LogP contribution in [0.5, 0.6) is 0 Å². The standard InChI is InChI=1S/C8H13N5O3/c1-3-13(2)5(14)4-10-8(15)6-7(9)12-16-11-6/h3-4H2,1-2H3,(H2,9,12)(H,10,15). The largest absolute Gasteiger partial charge is 0.379 e. The van der Waals surface area contributed by atoms with Crippen LogP contribution in [-0.2, 0) is 4.79 Å². The molecule has 3 N–H and O–H groups in total. The number of carbonyl (C=O) groups excluding carboxylic acids is 2. The summed E-state index contributed by atoms with van der Waals surface area (Å²) < 4.78 is 4.26. The van der Waals surface area contributed by atoms with Crippen molar-refractivity contribution < 1.29 is 14.2 Å². The fourth-order valence-corrected chi connectivity index (χ4v) is 0.904. The van der Waals surface area contributed by atoms with Gasteiger partial charge < -0.3 is 16.0 Å². The second-order valence-corrected chi connectivity index (χ2v) is 3.09. The van der Waals surface area contributed by atoms with Crippen molar-refractivity contribution in [2.45, 2.75) is 6.92 Å². The second-order valence-electron chi connectivity index (χ2n) is 3.09. The van der Waals surface area contributed by atoms with Crippen LogP contribution < -0.4 is 11.1 Å². The highest BCUT2D eigenvalue weighted by Gasteiger charge is 2.17. The van der Waals surface area contributed by atoms with Crippen molar-refractivity contribution in [2.75, 3.05) is 25.9 Å². The van der Waals surface area contributed by atoms with Gasteiger partial charge in [0.15, 0.2) is 0 Å². The Kier molecular flexibility index (Phi) is 3.81. The molecule has 1 aromatic heterocycles. The maximum atomic E-state index is 11.4. The third kappa shape index (κ3) is 2.69. The zero-order valence-corrected chi connectivity index (χ0v) is 9.06. The molecule has 88 valence electrons. The first-order valence-electron chi connectivity index (χ1n) is 4.66. The van der Waals surface area contributed by atoms with Crippen LogP contribution in [0.3, 0.4) is 0 Å². The molecule has 8 heteroatoms. The first-order valence-corrected chi connectivity index (χ1v) is 4.66. The van der Waals surface area contributed by atoms with E-state index < -0.39 is 5.91 Å². The molecule has 0 aromatic carbocycles. The average molecular weight is 227 g/mol. The van der Waals surface area contributed by atoms with Crippen LogP contribution >= 0.6 is 0 Å². The number of amides is 2. The Morgan fingerprint density at radius 2 is 2.19 bits per heavy atom. The molecule has 0 aliphatic carbocycles. The Labute approximate surface area is 91.7 Å². The summed E-state index contributed by atoms with van der Waals surface area (Å²) in [6, 6.07) is 0. The van der Waals surface area contributed by atoms with E-state index in [1.807, 2.05) is 6.92 Å². The summed E-state index contributed by atoms with van der Waals surface area (Å²) in [4.78, 5) is 24.2. The van der Waals surface area contributed by atoms with E-state index in [1.165, 1.54) is 4.90 Å². The monoisotopic (exact) mass is 227 g/mol. The van der Waals surface area contributed by atoms with Gasteiger partial charge in [-0.25, -0.2) is 4.63 Å². The molecule has 8 nitrogen and oxygen atoms in total. The van der Waals surface area contributed by atoms with Gasteiger partial charge >= 0.3 is 0 Å². The van der Waals surface area contributed by atoms with Crippen molar-refractivity contribution in [3.63, 3.8) is 0 Å². The Balaban J connectivity index is 2.48. The molecule has 0 fully saturated rings. The number of nitrogens with zero attached hydrogens (tertiary/aromatic N) is 3. The first-order chi connectivity index (χ1) is 7.56. The zero-order chi connectivity index (χ0) is 12.1. The molecule has 0 spiro atoms. The minimum atomic E-state index is -0.586. The number of nitrogens with two attached hydrogens (primary N) is 1. The molecular weight excluding hydrogens is 214 g/mol. The van der Waals surface area contributed by atoms with Gasteiger partial charge in [0.1, 0.15) is 0 Å². The van der Waals surface area contributed by atoms with Gasteiger partial charge in [0.2, 0.25) is 17.4 Å². The number of hydrogen-bond donors (Lipinski definition) is 2. The fraction of sp³-hybridized carbons (Fsp3) is 0.500. The van der Waals surface area contributed by atoms with E-state index in [2.05, 4.69) is 20.3 Å². The number of aromatic nitrogens is 2. The highest BCUT2D eigenvalue weighted by atomic mass is 16.6. The molecule has 0 radical (unpaired) electrons. The van der Waals surface area contributed by atoms with Crippen molar-refractivity contribution >= 4 is 17.6 Å². The molecule has 1 heterocycles. The van der Waals surface area contributed by atoms with Crippen molar-refractivity contribution in [3.05, 3.63) is 5.69 Å². The number of nitrogens with one attached hydrogen (secondary N) is 1. The van der Waals surface area contributed by atoms with Crippen LogP contribution in [0.15, 0.2) is 4.63 Å². The van der Waals surface area contributed by atoms with Crippen LogP contribution in [0.4, 0.5) is 5.82 Å². The van der Waals surface area contributed by atoms with E-state index >= 15 is 0 Å². The van der Waals surface area contributed by atoms with E-state index in [-0.39, 0.29) is 24.0 Å². The van der Waals surface area contributed by atoms with E-state index in [0.29, 0.717) is 6.54 Å². The lowest BCUT2D eigenvalue weighted by atomic mass is 10.4. The third-order valence-corrected chi connectivity index (χ3v) is 2.03. The normalized spacial score (nSPS) is 9.88. The minimum absolute atomic E-state index is 0.103. The minimum Gasteiger partial charge on any atom is -0.379 e. The third-order valence-electron chi connectivity index (χ3n) is 2.03. The lowest BCUT2D eigenvalue weighted by molar-refractivity contribution is -0.128. The number of nitrogen functional groups attached to an aromatic ring is 1. The Bertz CT molecular complexity index is 389. The SMILES string of the molecule is CCN(C)C(=O)CNC(=O)c1nonc1N. The lowest BCUT2D eigenvalue weighted by Crippen LogP contribution is -2.38. The molecule has 0 atom stereocenters. The number of rotatable bonds is 4. The van der Waals surface area contributed by atoms with Crippen LogP contribution in [0.2, 0.25) is 0 Å². The molecule has 0 saturated carbocycles. The number of likely N-dealkylation sites (N-methyl/N-ethyl adjacent to an activating group) is 1. The highest BCUT2D eigenvalue weighted by Crippen LogP contribution is 2.02. The van der Waals surface area contributed by atoms with Crippen molar-refractivity contribution in [1.82, 2.24) is 20.5 Å². The van der Waals surface area contributed by atoms with Crippen LogP contribution in [0.1, 0.15) is 17.4 Å². The van der Waals surface area contributed by atoms with Gasteiger partial charge in [-0.3, -0.25) is 9.59 Å². The number of carbonyl (C=O) groups is 2. The Morgan fingerprint density at radius 1 is 1.50 bits per heavy atom. The van der Waals surface area contributed by atoms with E-state index in [0.717, 1.165) is 0 Å². The molecule has 0 unspecified atom stereocenters. The van der Waals surface area contributed by atoms with Crippen LogP contribution in [-0.4, -0.2) is 47.2 Å². The van der Waals surface area contributed by atoms with Crippen LogP contribution in [0.25, 0.3) is 0 Å². The lowest BCUT2D eigenvalue weighted by Gasteiger charge is -2.14. The molecule has 0 aliphatic heterocycles. The molecular formula is C8H13N5O3. The van der Waals surface area contributed by atoms with E-state index in [4.69, 9.17) is 5.73 Å². The Morgan fingerprint density at radius 3 is 2.69 bits per heavy atom. The molecule has 1 aromatic rings. The van der Waals surface area contributed by atoms with Gasteiger partial charge in [-0.15, -0.1) is 0 Å². The summed E-state index contributed by atoms with van der Waals surface area (Å²) in [6.45, 7) is 2.29. The summed E-state index contributed by atoms with van der Waals surface area (Å²) in [5.41, 5.74) is 5.19. The maximum absolute atomic E-state index is 11.4. The van der Waals surface area contributed by atoms with Crippen molar-refractivity contribution in [2.24, 2.45) is 0 Å². The molecule has 2 amide bonds. The summed E-state index contributed by atoms with van der Waals surface area (Å²) in [5.74, 6) is -0.892. The predicted octanol–water partition coefficient (Wildman–Crippen LogP) is -1.14. The van der Waals surface area contributed by atoms with Crippen LogP contribution in [0, 0.1) is 0 Å². The van der Waals surface area contributed by atoms with Gasteiger partial charge in [0.25, 0.3) is 5.91 Å². The summed E-state index contributed by atoms with van der Waals surface area (Å²) >= 11 is 0. The smallest absolute Gasteiger partial charge is 0.277 e. The maximum Gasteiger partial charge on any atom is 0.277 e. The van der Waals surface area contributed by atoms with Gasteiger partial charge in [0, 0.05) is 13.6 Å². The van der Waals surface area contributed by atoms with Gasteiger partial charge in [-0.1, -0.05) is 0 Å². The second kappa shape index (κ2) is 5.10.